The van der Waals surface area contributed by atoms with Gasteiger partial charge in [-0.2, -0.15) is 0 Å². The highest BCUT2D eigenvalue weighted by Crippen LogP contribution is 2.23. The van der Waals surface area contributed by atoms with E-state index in [1.54, 1.807) is 0 Å². The number of piperidine rings is 1. The molecule has 0 spiro atoms. The third-order valence-electron chi connectivity index (χ3n) is 3.93. The Balaban J connectivity index is 1.73. The number of primary amides is 1. The number of aromatic nitrogens is 1. The van der Waals surface area contributed by atoms with Crippen molar-refractivity contribution in [2.24, 2.45) is 5.73 Å². The summed E-state index contributed by atoms with van der Waals surface area (Å²) in [5.74, 6) is 0.513. The van der Waals surface area contributed by atoms with Gasteiger partial charge in [0.2, 0.25) is 5.91 Å². The van der Waals surface area contributed by atoms with E-state index in [0.29, 0.717) is 6.54 Å². The van der Waals surface area contributed by atoms with Crippen LogP contribution in [0, 0.1) is 0 Å². The molecule has 110 valence electrons. The first-order chi connectivity index (χ1) is 10.2. The third-order valence-corrected chi connectivity index (χ3v) is 3.93. The van der Waals surface area contributed by atoms with Crippen molar-refractivity contribution in [3.63, 3.8) is 0 Å². The zero-order valence-corrected chi connectivity index (χ0v) is 11.9. The van der Waals surface area contributed by atoms with Gasteiger partial charge in [-0.25, -0.2) is 0 Å². The molecule has 3 rings (SSSR count). The quantitative estimate of drug-likeness (QED) is 0.934. The minimum absolute atomic E-state index is 0.191. The standard InChI is InChI=1S/C16H19N3O2/c17-16(20)15-8-4-5-9-19(15)11-13-10-14(18-21-13)12-6-2-1-3-7-12/h1-3,6-7,10,15H,4-5,8-9,11H2,(H2,17,20)/t15-/m0/s1. The lowest BCUT2D eigenvalue weighted by atomic mass is 10.0. The second-order valence-electron chi connectivity index (χ2n) is 5.43. The summed E-state index contributed by atoms with van der Waals surface area (Å²) >= 11 is 0. The van der Waals surface area contributed by atoms with Crippen LogP contribution in [-0.2, 0) is 11.3 Å². The second-order valence-corrected chi connectivity index (χ2v) is 5.43. The molecule has 1 saturated heterocycles. The van der Waals surface area contributed by atoms with E-state index in [4.69, 9.17) is 10.3 Å². The van der Waals surface area contributed by atoms with Crippen LogP contribution in [0.3, 0.4) is 0 Å². The number of carbonyl (C=O) groups excluding carboxylic acids is 1. The first-order valence-electron chi connectivity index (χ1n) is 7.28. The van der Waals surface area contributed by atoms with Gasteiger partial charge in [-0.15, -0.1) is 0 Å². The molecule has 1 fully saturated rings. The largest absolute Gasteiger partial charge is 0.368 e. The smallest absolute Gasteiger partial charge is 0.234 e. The maximum Gasteiger partial charge on any atom is 0.234 e. The molecule has 0 bridgehead atoms. The molecule has 1 aliphatic rings. The molecule has 1 aliphatic heterocycles. The van der Waals surface area contributed by atoms with Crippen LogP contribution in [0.15, 0.2) is 40.9 Å². The van der Waals surface area contributed by atoms with Crippen LogP contribution >= 0.6 is 0 Å². The van der Waals surface area contributed by atoms with Gasteiger partial charge in [0.15, 0.2) is 5.76 Å². The van der Waals surface area contributed by atoms with Crippen LogP contribution in [0.25, 0.3) is 11.3 Å². The number of hydrogen-bond acceptors (Lipinski definition) is 4. The summed E-state index contributed by atoms with van der Waals surface area (Å²) in [6, 6.07) is 11.6. The van der Waals surface area contributed by atoms with Crippen LogP contribution in [0.5, 0.6) is 0 Å². The SMILES string of the molecule is NC(=O)[C@@H]1CCCCN1Cc1cc(-c2ccccc2)no1. The van der Waals surface area contributed by atoms with Gasteiger partial charge in [-0.3, -0.25) is 9.69 Å². The number of amides is 1. The van der Waals surface area contributed by atoms with Crippen molar-refractivity contribution in [1.29, 1.82) is 0 Å². The molecule has 1 amide bonds. The first kappa shape index (κ1) is 13.8. The average molecular weight is 285 g/mol. The van der Waals surface area contributed by atoms with Crippen molar-refractivity contribution in [3.05, 3.63) is 42.2 Å². The highest BCUT2D eigenvalue weighted by atomic mass is 16.5. The maximum absolute atomic E-state index is 11.5. The molecule has 0 saturated carbocycles. The minimum Gasteiger partial charge on any atom is -0.368 e. The Kier molecular flexibility index (Phi) is 4.01. The fourth-order valence-electron chi connectivity index (χ4n) is 2.84. The van der Waals surface area contributed by atoms with Crippen LogP contribution in [0.2, 0.25) is 0 Å². The second kappa shape index (κ2) is 6.10. The molecule has 2 N–H and O–H groups in total. The number of rotatable bonds is 4. The van der Waals surface area contributed by atoms with Gasteiger partial charge < -0.3 is 10.3 Å². The van der Waals surface area contributed by atoms with Crippen molar-refractivity contribution in [1.82, 2.24) is 10.1 Å². The van der Waals surface area contributed by atoms with Gasteiger partial charge in [0.05, 0.1) is 12.6 Å². The van der Waals surface area contributed by atoms with Crippen molar-refractivity contribution < 1.29 is 9.32 Å². The van der Waals surface area contributed by atoms with Crippen molar-refractivity contribution in [2.75, 3.05) is 6.54 Å². The molecule has 1 aromatic carbocycles. The highest BCUT2D eigenvalue weighted by Gasteiger charge is 2.27. The minimum atomic E-state index is -0.252. The van der Waals surface area contributed by atoms with Gasteiger partial charge in [0, 0.05) is 11.6 Å². The van der Waals surface area contributed by atoms with E-state index in [2.05, 4.69) is 10.1 Å². The van der Waals surface area contributed by atoms with Gasteiger partial charge in [0.25, 0.3) is 0 Å². The lowest BCUT2D eigenvalue weighted by molar-refractivity contribution is -0.124. The summed E-state index contributed by atoms with van der Waals surface area (Å²) in [5.41, 5.74) is 7.32. The van der Waals surface area contributed by atoms with E-state index >= 15 is 0 Å². The summed E-state index contributed by atoms with van der Waals surface area (Å²) in [6.07, 6.45) is 2.97. The predicted molar refractivity (Wildman–Crippen MR) is 79.2 cm³/mol. The van der Waals surface area contributed by atoms with Gasteiger partial charge in [0.1, 0.15) is 5.69 Å². The average Bonchev–Trinajstić information content (AvgIpc) is 2.97. The molecular formula is C16H19N3O2. The van der Waals surface area contributed by atoms with E-state index in [-0.39, 0.29) is 11.9 Å². The summed E-state index contributed by atoms with van der Waals surface area (Å²) in [6.45, 7) is 1.45. The van der Waals surface area contributed by atoms with Crippen molar-refractivity contribution >= 4 is 5.91 Å². The molecule has 0 aliphatic carbocycles. The molecule has 0 radical (unpaired) electrons. The van der Waals surface area contributed by atoms with Gasteiger partial charge in [-0.1, -0.05) is 41.9 Å². The van der Waals surface area contributed by atoms with Crippen LogP contribution < -0.4 is 5.73 Å². The molecular weight excluding hydrogens is 266 g/mol. The lowest BCUT2D eigenvalue weighted by Crippen LogP contribution is -2.47. The number of carbonyl (C=O) groups is 1. The first-order valence-corrected chi connectivity index (χ1v) is 7.28. The molecule has 5 heteroatoms. The number of nitrogens with zero attached hydrogens (tertiary/aromatic N) is 2. The number of likely N-dealkylation sites (tertiary alicyclic amines) is 1. The summed E-state index contributed by atoms with van der Waals surface area (Å²) in [4.78, 5) is 13.6. The van der Waals surface area contributed by atoms with E-state index in [1.807, 2.05) is 36.4 Å². The molecule has 1 atom stereocenters. The fourth-order valence-corrected chi connectivity index (χ4v) is 2.84. The van der Waals surface area contributed by atoms with E-state index in [9.17, 15) is 4.79 Å². The normalized spacial score (nSPS) is 19.5. The Morgan fingerprint density at radius 3 is 2.90 bits per heavy atom. The molecule has 0 unspecified atom stereocenters. The van der Waals surface area contributed by atoms with Gasteiger partial charge >= 0.3 is 0 Å². The van der Waals surface area contributed by atoms with E-state index in [0.717, 1.165) is 42.8 Å². The summed E-state index contributed by atoms with van der Waals surface area (Å²) < 4.78 is 5.41. The fraction of sp³-hybridized carbons (Fsp3) is 0.375. The van der Waals surface area contributed by atoms with Gasteiger partial charge in [-0.05, 0) is 19.4 Å². The van der Waals surface area contributed by atoms with Crippen molar-refractivity contribution in [2.45, 2.75) is 31.8 Å². The molecule has 2 aromatic rings. The third kappa shape index (κ3) is 3.13. The summed E-state index contributed by atoms with van der Waals surface area (Å²) in [5, 5.41) is 4.10. The maximum atomic E-state index is 11.5. The van der Waals surface area contributed by atoms with Crippen LogP contribution in [0.1, 0.15) is 25.0 Å². The number of benzene rings is 1. The zero-order valence-electron chi connectivity index (χ0n) is 11.9. The van der Waals surface area contributed by atoms with E-state index in [1.165, 1.54) is 0 Å². The topological polar surface area (TPSA) is 72.4 Å². The highest BCUT2D eigenvalue weighted by molar-refractivity contribution is 5.79. The Morgan fingerprint density at radius 2 is 2.14 bits per heavy atom. The van der Waals surface area contributed by atoms with Crippen LogP contribution in [0.4, 0.5) is 0 Å². The molecule has 2 heterocycles. The Morgan fingerprint density at radius 1 is 1.33 bits per heavy atom. The Bertz CT molecular complexity index is 609. The number of nitrogens with two attached hydrogens (primary N) is 1. The molecule has 21 heavy (non-hydrogen) atoms. The van der Waals surface area contributed by atoms with Crippen LogP contribution in [-0.4, -0.2) is 28.6 Å². The monoisotopic (exact) mass is 285 g/mol. The van der Waals surface area contributed by atoms with Crippen molar-refractivity contribution in [3.8, 4) is 11.3 Å². The molecule has 1 aromatic heterocycles. The Hall–Kier alpha value is -2.14. The summed E-state index contributed by atoms with van der Waals surface area (Å²) in [7, 11) is 0. The zero-order chi connectivity index (χ0) is 14.7. The number of hydrogen-bond donors (Lipinski definition) is 1. The van der Waals surface area contributed by atoms with E-state index < -0.39 is 0 Å². The molecule has 5 nitrogen and oxygen atoms in total. The Labute approximate surface area is 123 Å². The lowest BCUT2D eigenvalue weighted by Gasteiger charge is -2.32. The predicted octanol–water partition coefficient (Wildman–Crippen LogP) is 2.18.